The Balaban J connectivity index is 1.48. The fraction of sp³-hybridized carbons (Fsp3) is 0.318. The van der Waals surface area contributed by atoms with E-state index in [-0.39, 0.29) is 5.54 Å². The third kappa shape index (κ3) is 3.15. The maximum Gasteiger partial charge on any atom is 0.331 e. The number of esters is 1. The van der Waals surface area contributed by atoms with Gasteiger partial charge in [0.15, 0.2) is 0 Å². The van der Waals surface area contributed by atoms with Crippen molar-refractivity contribution in [3.8, 4) is 5.75 Å². The topological polar surface area (TPSA) is 75.7 Å². The molecule has 1 N–H and O–H groups in total. The number of ether oxygens (including phenoxy) is 1. The van der Waals surface area contributed by atoms with Crippen LogP contribution in [0.4, 0.5) is 5.69 Å². The van der Waals surface area contributed by atoms with Crippen molar-refractivity contribution in [1.82, 2.24) is 4.90 Å². The molecule has 0 fully saturated rings. The molecular formula is C22H22N2O4. The largest absolute Gasteiger partial charge is 0.425 e. The Labute approximate surface area is 163 Å². The highest BCUT2D eigenvalue weighted by Gasteiger charge is 2.37. The Morgan fingerprint density at radius 2 is 1.79 bits per heavy atom. The molecule has 1 unspecified atom stereocenters. The maximum atomic E-state index is 12.4. The lowest BCUT2D eigenvalue weighted by atomic mass is 9.82. The third-order valence-corrected chi connectivity index (χ3v) is 5.24. The molecule has 0 radical (unpaired) electrons. The predicted octanol–water partition coefficient (Wildman–Crippen LogP) is 3.59. The number of carbonyl (C=O) groups is 3. The second-order valence-corrected chi connectivity index (χ2v) is 8.08. The lowest BCUT2D eigenvalue weighted by Gasteiger charge is -2.37. The smallest absolute Gasteiger partial charge is 0.331 e. The Morgan fingerprint density at radius 1 is 1.14 bits per heavy atom. The molecule has 0 spiro atoms. The van der Waals surface area contributed by atoms with Gasteiger partial charge in [0.25, 0.3) is 11.8 Å². The Kier molecular flexibility index (Phi) is 4.22. The summed E-state index contributed by atoms with van der Waals surface area (Å²) in [5, 5.41) is 3.49. The molecule has 2 aliphatic heterocycles. The van der Waals surface area contributed by atoms with Crippen LogP contribution in [0.25, 0.3) is 0 Å². The Morgan fingerprint density at radius 3 is 2.43 bits per heavy atom. The monoisotopic (exact) mass is 378 g/mol. The number of nitrogens with zero attached hydrogens (tertiary/aromatic N) is 1. The highest BCUT2D eigenvalue weighted by Crippen LogP contribution is 2.40. The summed E-state index contributed by atoms with van der Waals surface area (Å²) in [6, 6.07) is 12.0. The first kappa shape index (κ1) is 18.2. The Hall–Kier alpha value is -3.15. The van der Waals surface area contributed by atoms with Crippen LogP contribution >= 0.6 is 0 Å². The van der Waals surface area contributed by atoms with Crippen molar-refractivity contribution in [2.75, 3.05) is 11.9 Å². The fourth-order valence-corrected chi connectivity index (χ4v) is 4.09. The first-order valence-corrected chi connectivity index (χ1v) is 9.33. The van der Waals surface area contributed by atoms with Gasteiger partial charge < -0.3 is 10.1 Å². The predicted molar refractivity (Wildman–Crippen MR) is 105 cm³/mol. The molecule has 144 valence electrons. The minimum atomic E-state index is -0.647. The summed E-state index contributed by atoms with van der Waals surface area (Å²) in [7, 11) is 0. The molecule has 2 aromatic rings. The van der Waals surface area contributed by atoms with Gasteiger partial charge in [-0.15, -0.1) is 0 Å². The number of fused-ring (bicyclic) bond motifs is 2. The van der Waals surface area contributed by atoms with E-state index in [9.17, 15) is 14.4 Å². The summed E-state index contributed by atoms with van der Waals surface area (Å²) in [5.74, 6) is -0.854. The minimum Gasteiger partial charge on any atom is -0.425 e. The second kappa shape index (κ2) is 6.48. The van der Waals surface area contributed by atoms with Crippen LogP contribution in [-0.2, 0) is 4.79 Å². The zero-order valence-electron chi connectivity index (χ0n) is 16.1. The molecule has 1 atom stereocenters. The quantitative estimate of drug-likeness (QED) is 0.502. The van der Waals surface area contributed by atoms with Crippen LogP contribution in [0.15, 0.2) is 42.5 Å². The Bertz CT molecular complexity index is 961. The standard InChI is InChI=1S/C22H22N2O4/c1-13-11-22(2,3)23-18-9-8-14(10-17(13)18)28-19(25)12-24-20(26)15-6-4-5-7-16(15)21(24)27/h4-10,13,23H,11-12H2,1-3H3. The van der Waals surface area contributed by atoms with E-state index in [1.807, 2.05) is 12.1 Å². The average Bonchev–Trinajstić information content (AvgIpc) is 2.87. The number of anilines is 1. The van der Waals surface area contributed by atoms with Crippen molar-refractivity contribution >= 4 is 23.5 Å². The van der Waals surface area contributed by atoms with Crippen molar-refractivity contribution < 1.29 is 19.1 Å². The van der Waals surface area contributed by atoms with Crippen LogP contribution in [0.3, 0.4) is 0 Å². The summed E-state index contributed by atoms with van der Waals surface area (Å²) in [6.45, 7) is 6.04. The molecule has 6 heteroatoms. The molecule has 2 heterocycles. The van der Waals surface area contributed by atoms with Crippen molar-refractivity contribution in [3.63, 3.8) is 0 Å². The van der Waals surface area contributed by atoms with Gasteiger partial charge in [0.1, 0.15) is 12.3 Å². The summed E-state index contributed by atoms with van der Waals surface area (Å²) in [4.78, 5) is 38.1. The van der Waals surface area contributed by atoms with E-state index in [1.165, 1.54) is 0 Å². The molecule has 6 nitrogen and oxygen atoms in total. The summed E-state index contributed by atoms with van der Waals surface area (Å²) >= 11 is 0. The number of rotatable bonds is 3. The lowest BCUT2D eigenvalue weighted by Crippen LogP contribution is -2.37. The summed E-state index contributed by atoms with van der Waals surface area (Å²) in [5.41, 5.74) is 2.76. The molecular weight excluding hydrogens is 356 g/mol. The molecule has 0 bridgehead atoms. The number of nitrogens with one attached hydrogen (secondary N) is 1. The number of amides is 2. The van der Waals surface area contributed by atoms with Crippen LogP contribution in [0, 0.1) is 0 Å². The fourth-order valence-electron chi connectivity index (χ4n) is 4.09. The van der Waals surface area contributed by atoms with E-state index in [0.717, 1.165) is 22.6 Å². The summed E-state index contributed by atoms with van der Waals surface area (Å²) < 4.78 is 5.43. The minimum absolute atomic E-state index is 0.0100. The van der Waals surface area contributed by atoms with Crippen molar-refractivity contribution in [1.29, 1.82) is 0 Å². The second-order valence-electron chi connectivity index (χ2n) is 8.08. The van der Waals surface area contributed by atoms with Gasteiger partial charge in [0, 0.05) is 11.2 Å². The van der Waals surface area contributed by atoms with E-state index in [1.54, 1.807) is 30.3 Å². The molecule has 0 saturated carbocycles. The zero-order chi connectivity index (χ0) is 20.1. The van der Waals surface area contributed by atoms with Gasteiger partial charge in [-0.25, -0.2) is 4.79 Å². The lowest BCUT2D eigenvalue weighted by molar-refractivity contribution is -0.134. The molecule has 0 aliphatic carbocycles. The number of benzene rings is 2. The van der Waals surface area contributed by atoms with E-state index in [4.69, 9.17) is 4.74 Å². The number of hydrogen-bond donors (Lipinski definition) is 1. The van der Waals surface area contributed by atoms with Gasteiger partial charge in [-0.05, 0) is 62.1 Å². The van der Waals surface area contributed by atoms with Gasteiger partial charge in [-0.3, -0.25) is 14.5 Å². The van der Waals surface area contributed by atoms with Gasteiger partial charge in [0.05, 0.1) is 11.1 Å². The maximum absolute atomic E-state index is 12.4. The molecule has 2 aromatic carbocycles. The molecule has 2 amide bonds. The third-order valence-electron chi connectivity index (χ3n) is 5.24. The van der Waals surface area contributed by atoms with E-state index in [2.05, 4.69) is 26.1 Å². The van der Waals surface area contributed by atoms with E-state index >= 15 is 0 Å². The highest BCUT2D eigenvalue weighted by molar-refractivity contribution is 6.22. The normalized spacial score (nSPS) is 19.7. The average molecular weight is 378 g/mol. The number of hydrogen-bond acceptors (Lipinski definition) is 5. The summed E-state index contributed by atoms with van der Waals surface area (Å²) in [6.07, 6.45) is 0.965. The van der Waals surface area contributed by atoms with E-state index in [0.29, 0.717) is 22.8 Å². The first-order valence-electron chi connectivity index (χ1n) is 9.33. The number of carbonyl (C=O) groups excluding carboxylic acids is 3. The van der Waals surface area contributed by atoms with Crippen LogP contribution < -0.4 is 10.1 Å². The van der Waals surface area contributed by atoms with Gasteiger partial charge in [-0.2, -0.15) is 0 Å². The first-order chi connectivity index (χ1) is 13.2. The zero-order valence-corrected chi connectivity index (χ0v) is 16.1. The SMILES string of the molecule is CC1CC(C)(C)Nc2ccc(OC(=O)CN3C(=O)c4ccccc4C3=O)cc21. The van der Waals surface area contributed by atoms with Crippen molar-refractivity contribution in [2.24, 2.45) is 0 Å². The van der Waals surface area contributed by atoms with Gasteiger partial charge in [0.2, 0.25) is 0 Å². The van der Waals surface area contributed by atoms with Crippen LogP contribution in [0.5, 0.6) is 5.75 Å². The molecule has 28 heavy (non-hydrogen) atoms. The van der Waals surface area contributed by atoms with Crippen LogP contribution in [-0.4, -0.2) is 34.8 Å². The van der Waals surface area contributed by atoms with Gasteiger partial charge >= 0.3 is 5.97 Å². The molecule has 0 saturated heterocycles. The highest BCUT2D eigenvalue weighted by atomic mass is 16.5. The van der Waals surface area contributed by atoms with Crippen molar-refractivity contribution in [2.45, 2.75) is 38.6 Å². The molecule has 0 aromatic heterocycles. The molecule has 4 rings (SSSR count). The van der Waals surface area contributed by atoms with Crippen LogP contribution in [0.1, 0.15) is 59.4 Å². The van der Waals surface area contributed by atoms with E-state index < -0.39 is 24.3 Å². The van der Waals surface area contributed by atoms with Crippen LogP contribution in [0.2, 0.25) is 0 Å². The van der Waals surface area contributed by atoms with Crippen molar-refractivity contribution in [3.05, 3.63) is 59.2 Å². The number of imide groups is 1. The molecule has 2 aliphatic rings. The van der Waals surface area contributed by atoms with Gasteiger partial charge in [-0.1, -0.05) is 19.1 Å².